The molecule has 1 aliphatic carbocycles. The zero-order valence-electron chi connectivity index (χ0n) is 3.19. The summed E-state index contributed by atoms with van der Waals surface area (Å²) in [5.41, 5.74) is 0. The number of hydrogen-bond donors (Lipinski definition) is 0. The fraction of sp³-hybridized carbons (Fsp3) is 0.750. The van der Waals surface area contributed by atoms with E-state index in [4.69, 9.17) is 12.2 Å². The van der Waals surface area contributed by atoms with Crippen LogP contribution >= 0.6 is 12.2 Å². The van der Waals surface area contributed by atoms with Gasteiger partial charge in [0.05, 0.1) is 0 Å². The van der Waals surface area contributed by atoms with Crippen LogP contribution in [0.3, 0.4) is 0 Å². The predicted octanol–water partition coefficient (Wildman–Crippen LogP) is 1.40. The second kappa shape index (κ2) is 0.777. The van der Waals surface area contributed by atoms with E-state index in [-0.39, 0.29) is 0 Å². The summed E-state index contributed by atoms with van der Waals surface area (Å²) in [7, 11) is 0. The summed E-state index contributed by atoms with van der Waals surface area (Å²) in [6.45, 7) is 2.16. The molecular formula is C4H6S. The molecule has 0 aromatic rings. The second-order valence-corrected chi connectivity index (χ2v) is 2.10. The average molecular weight is 86.2 g/mol. The molecule has 0 spiro atoms. The molecular weight excluding hydrogens is 80.1 g/mol. The molecule has 1 rings (SSSR count). The molecule has 0 amide bonds. The van der Waals surface area contributed by atoms with Crippen LogP contribution in [0.2, 0.25) is 0 Å². The Balaban J connectivity index is 2.47. The monoisotopic (exact) mass is 86.0 g/mol. The summed E-state index contributed by atoms with van der Waals surface area (Å²) in [5.74, 6) is 0.782. The van der Waals surface area contributed by atoms with Gasteiger partial charge in [0.15, 0.2) is 0 Å². The Morgan fingerprint density at radius 1 is 2.00 bits per heavy atom. The summed E-state index contributed by atoms with van der Waals surface area (Å²) in [4.78, 5) is 1.25. The van der Waals surface area contributed by atoms with Crippen LogP contribution in [0.25, 0.3) is 0 Å². The van der Waals surface area contributed by atoms with E-state index in [0.29, 0.717) is 0 Å². The molecule has 0 saturated heterocycles. The van der Waals surface area contributed by atoms with Crippen LogP contribution in [-0.4, -0.2) is 4.86 Å². The largest absolute Gasteiger partial charge is 0.0894 e. The van der Waals surface area contributed by atoms with E-state index < -0.39 is 0 Å². The number of thiocarbonyl (C=S) groups is 1. The minimum Gasteiger partial charge on any atom is -0.0894 e. The second-order valence-electron chi connectivity index (χ2n) is 1.57. The molecule has 0 radical (unpaired) electrons. The van der Waals surface area contributed by atoms with Gasteiger partial charge in [-0.05, 0) is 17.2 Å². The maximum absolute atomic E-state index is 4.77. The Labute approximate surface area is 37.2 Å². The molecule has 0 aromatic carbocycles. The summed E-state index contributed by atoms with van der Waals surface area (Å²) >= 11 is 4.77. The van der Waals surface area contributed by atoms with Crippen molar-refractivity contribution in [2.45, 2.75) is 13.3 Å². The number of rotatable bonds is 0. The maximum atomic E-state index is 4.77. The quantitative estimate of drug-likeness (QED) is 0.401. The lowest BCUT2D eigenvalue weighted by molar-refractivity contribution is 1.04. The van der Waals surface area contributed by atoms with Crippen molar-refractivity contribution in [2.24, 2.45) is 5.92 Å². The van der Waals surface area contributed by atoms with E-state index in [2.05, 4.69) is 6.92 Å². The first-order valence-electron chi connectivity index (χ1n) is 1.83. The van der Waals surface area contributed by atoms with Gasteiger partial charge in [-0.2, -0.15) is 0 Å². The van der Waals surface area contributed by atoms with Crippen molar-refractivity contribution in [1.29, 1.82) is 0 Å². The van der Waals surface area contributed by atoms with Crippen LogP contribution in [0.1, 0.15) is 13.3 Å². The standard InChI is InChI=1S/C4H6S/c1-3-2-4(3)5/h3H,2H2,1H3. The van der Waals surface area contributed by atoms with Gasteiger partial charge in [0.1, 0.15) is 0 Å². The lowest BCUT2D eigenvalue weighted by Gasteiger charge is -1.55. The van der Waals surface area contributed by atoms with E-state index in [9.17, 15) is 0 Å². The van der Waals surface area contributed by atoms with Crippen LogP contribution in [-0.2, 0) is 0 Å². The molecule has 0 bridgehead atoms. The minimum absolute atomic E-state index is 0.782. The molecule has 0 aliphatic heterocycles. The van der Waals surface area contributed by atoms with Gasteiger partial charge in [-0.25, -0.2) is 0 Å². The summed E-state index contributed by atoms with van der Waals surface area (Å²) in [6.07, 6.45) is 1.20. The van der Waals surface area contributed by atoms with Crippen LogP contribution in [0.4, 0.5) is 0 Å². The lowest BCUT2D eigenvalue weighted by atomic mass is 10.5. The van der Waals surface area contributed by atoms with Gasteiger partial charge in [-0.3, -0.25) is 0 Å². The Morgan fingerprint density at radius 2 is 2.20 bits per heavy atom. The average Bonchev–Trinajstić information content (AvgIpc) is 1.79. The van der Waals surface area contributed by atoms with Gasteiger partial charge in [-0.1, -0.05) is 19.1 Å². The molecule has 1 unspecified atom stereocenters. The smallest absolute Gasteiger partial charge is 0.00337 e. The Hall–Kier alpha value is 0.0900. The van der Waals surface area contributed by atoms with E-state index in [0.717, 1.165) is 5.92 Å². The first-order valence-corrected chi connectivity index (χ1v) is 2.24. The topological polar surface area (TPSA) is 0 Å². The highest BCUT2D eigenvalue weighted by Crippen LogP contribution is 2.23. The first kappa shape index (κ1) is 3.29. The third-order valence-electron chi connectivity index (χ3n) is 0.897. The van der Waals surface area contributed by atoms with Crippen molar-refractivity contribution in [1.82, 2.24) is 0 Å². The summed E-state index contributed by atoms with van der Waals surface area (Å²) in [5, 5.41) is 0. The molecule has 1 aliphatic rings. The van der Waals surface area contributed by atoms with Crippen molar-refractivity contribution in [3.05, 3.63) is 0 Å². The van der Waals surface area contributed by atoms with Gasteiger partial charge in [0.25, 0.3) is 0 Å². The molecule has 28 valence electrons. The zero-order valence-corrected chi connectivity index (χ0v) is 4.01. The van der Waals surface area contributed by atoms with E-state index in [1.807, 2.05) is 0 Å². The summed E-state index contributed by atoms with van der Waals surface area (Å²) in [6, 6.07) is 0. The Bertz CT molecular complexity index is 66.0. The van der Waals surface area contributed by atoms with Gasteiger partial charge < -0.3 is 0 Å². The van der Waals surface area contributed by atoms with Crippen molar-refractivity contribution in [3.63, 3.8) is 0 Å². The van der Waals surface area contributed by atoms with Gasteiger partial charge >= 0.3 is 0 Å². The van der Waals surface area contributed by atoms with E-state index in [1.165, 1.54) is 11.3 Å². The van der Waals surface area contributed by atoms with Gasteiger partial charge in [0, 0.05) is 0 Å². The third-order valence-corrected chi connectivity index (χ3v) is 1.47. The van der Waals surface area contributed by atoms with Crippen LogP contribution < -0.4 is 0 Å². The molecule has 0 nitrogen and oxygen atoms in total. The van der Waals surface area contributed by atoms with E-state index >= 15 is 0 Å². The molecule has 1 saturated carbocycles. The molecule has 0 heterocycles. The third kappa shape index (κ3) is 0.482. The highest BCUT2D eigenvalue weighted by atomic mass is 32.1. The molecule has 1 heteroatoms. The highest BCUT2D eigenvalue weighted by molar-refractivity contribution is 7.81. The van der Waals surface area contributed by atoms with E-state index in [1.54, 1.807) is 0 Å². The van der Waals surface area contributed by atoms with Gasteiger partial charge in [0.2, 0.25) is 0 Å². The zero-order chi connectivity index (χ0) is 3.86. The van der Waals surface area contributed by atoms with Crippen LogP contribution in [0, 0.1) is 5.92 Å². The minimum atomic E-state index is 0.782. The fourth-order valence-corrected chi connectivity index (χ4v) is 0.493. The SMILES string of the molecule is CC1CC1=S. The molecule has 5 heavy (non-hydrogen) atoms. The van der Waals surface area contributed by atoms with Crippen molar-refractivity contribution in [3.8, 4) is 0 Å². The van der Waals surface area contributed by atoms with Crippen molar-refractivity contribution >= 4 is 17.1 Å². The molecule has 1 fully saturated rings. The maximum Gasteiger partial charge on any atom is -0.00337 e. The first-order chi connectivity index (χ1) is 2.30. The van der Waals surface area contributed by atoms with Crippen LogP contribution in [0.15, 0.2) is 0 Å². The molecule has 0 N–H and O–H groups in total. The highest BCUT2D eigenvalue weighted by Gasteiger charge is 2.22. The van der Waals surface area contributed by atoms with Crippen LogP contribution in [0.5, 0.6) is 0 Å². The molecule has 0 aromatic heterocycles. The Kier molecular flexibility index (Phi) is 0.511. The van der Waals surface area contributed by atoms with Crippen molar-refractivity contribution in [2.75, 3.05) is 0 Å². The van der Waals surface area contributed by atoms with Crippen molar-refractivity contribution < 1.29 is 0 Å². The van der Waals surface area contributed by atoms with Gasteiger partial charge in [-0.15, -0.1) is 0 Å². The summed E-state index contributed by atoms with van der Waals surface area (Å²) < 4.78 is 0. The lowest BCUT2D eigenvalue weighted by Crippen LogP contribution is -1.55. The molecule has 1 atom stereocenters. The number of hydrogen-bond acceptors (Lipinski definition) is 1. The predicted molar refractivity (Wildman–Crippen MR) is 26.4 cm³/mol. The fourth-order valence-electron chi connectivity index (χ4n) is 0.243. The normalized spacial score (nSPS) is 34.6. The Morgan fingerprint density at radius 3 is 2.20 bits per heavy atom.